The van der Waals surface area contributed by atoms with Crippen LogP contribution in [0, 0.1) is 5.82 Å². The molecule has 0 radical (unpaired) electrons. The molecule has 1 fully saturated rings. The van der Waals surface area contributed by atoms with Crippen LogP contribution in [0.3, 0.4) is 0 Å². The predicted molar refractivity (Wildman–Crippen MR) is 86.6 cm³/mol. The number of aromatic nitrogens is 4. The van der Waals surface area contributed by atoms with Gasteiger partial charge in [-0.05, 0) is 36.4 Å². The molecule has 0 atom stereocenters. The van der Waals surface area contributed by atoms with Gasteiger partial charge in [0.1, 0.15) is 11.6 Å². The molecule has 1 aromatic carbocycles. The van der Waals surface area contributed by atoms with Gasteiger partial charge in [0.15, 0.2) is 5.65 Å². The van der Waals surface area contributed by atoms with Crippen LogP contribution in [0.4, 0.5) is 24.7 Å². The van der Waals surface area contributed by atoms with Crippen LogP contribution in [0.1, 0.15) is 12.2 Å². The van der Waals surface area contributed by atoms with Crippen LogP contribution in [-0.2, 0) is 0 Å². The van der Waals surface area contributed by atoms with Crippen molar-refractivity contribution in [1.29, 1.82) is 0 Å². The zero-order valence-electron chi connectivity index (χ0n) is 13.2. The van der Waals surface area contributed by atoms with Crippen molar-refractivity contribution in [2.75, 3.05) is 36.0 Å². The van der Waals surface area contributed by atoms with Crippen molar-refractivity contribution in [2.24, 2.45) is 0 Å². The molecule has 0 N–H and O–H groups in total. The van der Waals surface area contributed by atoms with Crippen molar-refractivity contribution < 1.29 is 13.2 Å². The van der Waals surface area contributed by atoms with E-state index in [9.17, 15) is 13.2 Å². The predicted octanol–water partition coefficient (Wildman–Crippen LogP) is 2.53. The van der Waals surface area contributed by atoms with E-state index in [1.165, 1.54) is 12.1 Å². The van der Waals surface area contributed by atoms with E-state index in [2.05, 4.69) is 20.2 Å². The highest BCUT2D eigenvalue weighted by molar-refractivity contribution is 5.50. The van der Waals surface area contributed by atoms with Gasteiger partial charge in [-0.25, -0.2) is 13.2 Å². The summed E-state index contributed by atoms with van der Waals surface area (Å²) in [5.41, 5.74) is 1.26. The second-order valence-corrected chi connectivity index (χ2v) is 5.77. The lowest BCUT2D eigenvalue weighted by Crippen LogP contribution is -2.47. The maximum Gasteiger partial charge on any atom is 0.299 e. The number of hydrogen-bond donors (Lipinski definition) is 0. The van der Waals surface area contributed by atoms with Crippen LogP contribution in [0.15, 0.2) is 36.4 Å². The minimum Gasteiger partial charge on any atom is -0.368 e. The maximum absolute atomic E-state index is 13.0. The fraction of sp³-hybridized carbons (Fsp3) is 0.312. The first kappa shape index (κ1) is 15.7. The van der Waals surface area contributed by atoms with E-state index in [-0.39, 0.29) is 5.82 Å². The molecule has 6 nitrogen and oxygen atoms in total. The second kappa shape index (κ2) is 6.23. The van der Waals surface area contributed by atoms with Crippen molar-refractivity contribution in [3.63, 3.8) is 0 Å². The largest absolute Gasteiger partial charge is 0.368 e. The number of fused-ring (bicyclic) bond motifs is 1. The summed E-state index contributed by atoms with van der Waals surface area (Å²) in [6.45, 7) is 2.83. The number of alkyl halides is 2. The van der Waals surface area contributed by atoms with Crippen LogP contribution in [0.2, 0.25) is 0 Å². The third-order valence-electron chi connectivity index (χ3n) is 4.26. The van der Waals surface area contributed by atoms with E-state index in [4.69, 9.17) is 0 Å². The Morgan fingerprint density at radius 2 is 1.52 bits per heavy atom. The quantitative estimate of drug-likeness (QED) is 0.728. The van der Waals surface area contributed by atoms with E-state index in [0.29, 0.717) is 24.6 Å². The molecule has 130 valence electrons. The Bertz CT molecular complexity index is 871. The van der Waals surface area contributed by atoms with Crippen molar-refractivity contribution in [2.45, 2.75) is 6.43 Å². The molecule has 4 rings (SSSR count). The monoisotopic (exact) mass is 348 g/mol. The lowest BCUT2D eigenvalue weighted by molar-refractivity contribution is 0.137. The summed E-state index contributed by atoms with van der Waals surface area (Å²) in [4.78, 5) is 4.17. The summed E-state index contributed by atoms with van der Waals surface area (Å²) in [5, 5.41) is 11.4. The molecule has 1 aliphatic heterocycles. The third-order valence-corrected chi connectivity index (χ3v) is 4.26. The summed E-state index contributed by atoms with van der Waals surface area (Å²) < 4.78 is 40.0. The van der Waals surface area contributed by atoms with Gasteiger partial charge in [-0.15, -0.1) is 15.3 Å². The molecule has 0 spiro atoms. The Morgan fingerprint density at radius 1 is 0.840 bits per heavy atom. The summed E-state index contributed by atoms with van der Waals surface area (Å²) in [6.07, 6.45) is -2.73. The zero-order chi connectivity index (χ0) is 17.4. The van der Waals surface area contributed by atoms with Crippen LogP contribution in [0.5, 0.6) is 0 Å². The Labute approximate surface area is 141 Å². The van der Waals surface area contributed by atoms with E-state index in [1.807, 2.05) is 4.90 Å². The van der Waals surface area contributed by atoms with E-state index in [1.54, 1.807) is 24.3 Å². The Hall–Kier alpha value is -2.84. The smallest absolute Gasteiger partial charge is 0.299 e. The molecule has 1 saturated heterocycles. The summed E-state index contributed by atoms with van der Waals surface area (Å²) in [7, 11) is 0. The van der Waals surface area contributed by atoms with Crippen LogP contribution in [-0.4, -0.2) is 46.0 Å². The van der Waals surface area contributed by atoms with Crippen molar-refractivity contribution in [3.05, 3.63) is 48.0 Å². The number of hydrogen-bond acceptors (Lipinski definition) is 5. The number of halogens is 3. The minimum atomic E-state index is -2.73. The molecule has 0 amide bonds. The first-order valence-corrected chi connectivity index (χ1v) is 7.88. The molecular formula is C16H15F3N6. The van der Waals surface area contributed by atoms with Gasteiger partial charge in [0, 0.05) is 31.9 Å². The molecule has 9 heteroatoms. The fourth-order valence-electron chi connectivity index (χ4n) is 2.95. The number of nitrogens with zero attached hydrogens (tertiary/aromatic N) is 6. The van der Waals surface area contributed by atoms with Crippen LogP contribution in [0.25, 0.3) is 5.65 Å². The van der Waals surface area contributed by atoms with Gasteiger partial charge >= 0.3 is 0 Å². The van der Waals surface area contributed by atoms with Gasteiger partial charge in [0.2, 0.25) is 5.82 Å². The molecule has 25 heavy (non-hydrogen) atoms. The minimum absolute atomic E-state index is 0.260. The number of anilines is 2. The van der Waals surface area contributed by atoms with E-state index in [0.717, 1.165) is 23.3 Å². The first-order valence-electron chi connectivity index (χ1n) is 7.88. The number of benzene rings is 1. The number of piperazine rings is 1. The Kier molecular flexibility index (Phi) is 3.90. The fourth-order valence-corrected chi connectivity index (χ4v) is 2.95. The molecule has 3 heterocycles. The van der Waals surface area contributed by atoms with E-state index >= 15 is 0 Å². The normalized spacial score (nSPS) is 15.4. The van der Waals surface area contributed by atoms with Gasteiger partial charge in [0.05, 0.1) is 0 Å². The highest BCUT2D eigenvalue weighted by Crippen LogP contribution is 2.21. The summed E-state index contributed by atoms with van der Waals surface area (Å²) in [5.74, 6) is -0.113. The second-order valence-electron chi connectivity index (χ2n) is 5.77. The average Bonchev–Trinajstić information content (AvgIpc) is 3.06. The molecule has 0 aliphatic carbocycles. The average molecular weight is 348 g/mol. The van der Waals surface area contributed by atoms with E-state index < -0.39 is 12.2 Å². The summed E-state index contributed by atoms with van der Waals surface area (Å²) in [6, 6.07) is 9.77. The summed E-state index contributed by atoms with van der Waals surface area (Å²) >= 11 is 0. The van der Waals surface area contributed by atoms with Gasteiger partial charge < -0.3 is 9.80 Å². The molecule has 2 aromatic heterocycles. The van der Waals surface area contributed by atoms with Crippen molar-refractivity contribution >= 4 is 17.2 Å². The SMILES string of the molecule is Fc1ccc(N2CCN(c3ccc4nnc(C(F)F)n4n3)CC2)cc1. The van der Waals surface area contributed by atoms with Crippen LogP contribution >= 0.6 is 0 Å². The lowest BCUT2D eigenvalue weighted by Gasteiger charge is -2.36. The van der Waals surface area contributed by atoms with Gasteiger partial charge in [-0.2, -0.15) is 4.52 Å². The maximum atomic E-state index is 13.0. The molecular weight excluding hydrogens is 333 g/mol. The van der Waals surface area contributed by atoms with Gasteiger partial charge in [-0.3, -0.25) is 0 Å². The lowest BCUT2D eigenvalue weighted by atomic mass is 10.2. The molecule has 0 unspecified atom stereocenters. The first-order chi connectivity index (χ1) is 12.1. The zero-order valence-corrected chi connectivity index (χ0v) is 13.2. The highest BCUT2D eigenvalue weighted by atomic mass is 19.3. The highest BCUT2D eigenvalue weighted by Gasteiger charge is 2.21. The number of rotatable bonds is 3. The van der Waals surface area contributed by atoms with Gasteiger partial charge in [-0.1, -0.05) is 0 Å². The molecule has 0 saturated carbocycles. The standard InChI is InChI=1S/C16H15F3N6/c17-11-1-3-12(4-2-11)23-7-9-24(10-8-23)14-6-5-13-20-21-16(15(18)19)25(13)22-14/h1-6,15H,7-10H2. The molecule has 3 aromatic rings. The van der Waals surface area contributed by atoms with Crippen LogP contribution < -0.4 is 9.80 Å². The van der Waals surface area contributed by atoms with Crippen molar-refractivity contribution in [1.82, 2.24) is 19.8 Å². The van der Waals surface area contributed by atoms with Gasteiger partial charge in [0.25, 0.3) is 6.43 Å². The Balaban J connectivity index is 1.51. The molecule has 0 bridgehead atoms. The van der Waals surface area contributed by atoms with Crippen molar-refractivity contribution in [3.8, 4) is 0 Å². The Morgan fingerprint density at radius 3 is 2.20 bits per heavy atom. The molecule has 1 aliphatic rings. The topological polar surface area (TPSA) is 49.6 Å². The third kappa shape index (κ3) is 2.97.